The van der Waals surface area contributed by atoms with Gasteiger partial charge in [0.05, 0.1) is 17.0 Å². The van der Waals surface area contributed by atoms with Crippen LogP contribution in [0.15, 0.2) is 65.7 Å². The van der Waals surface area contributed by atoms with Crippen LogP contribution in [0.25, 0.3) is 22.4 Å². The van der Waals surface area contributed by atoms with Crippen molar-refractivity contribution in [1.82, 2.24) is 9.88 Å². The number of amides is 1. The first-order valence-corrected chi connectivity index (χ1v) is 15.2. The van der Waals surface area contributed by atoms with Crippen LogP contribution < -0.4 is 0 Å². The fourth-order valence-corrected chi connectivity index (χ4v) is 6.97. The first kappa shape index (κ1) is 26.8. The van der Waals surface area contributed by atoms with Gasteiger partial charge >= 0.3 is 0 Å². The van der Waals surface area contributed by atoms with E-state index in [2.05, 4.69) is 11.0 Å². The third-order valence-electron chi connectivity index (χ3n) is 7.88. The number of nitrogens with zero attached hydrogens (tertiary/aromatic N) is 3. The lowest BCUT2D eigenvalue weighted by Crippen LogP contribution is -2.49. The molecule has 2 aliphatic rings. The molecule has 38 heavy (non-hydrogen) atoms. The molecule has 2 fully saturated rings. The van der Waals surface area contributed by atoms with Crippen molar-refractivity contribution in [3.8, 4) is 28.5 Å². The number of thioether (sulfide) groups is 1. The van der Waals surface area contributed by atoms with E-state index in [1.165, 1.54) is 50.3 Å². The van der Waals surface area contributed by atoms with Crippen molar-refractivity contribution in [3.05, 3.63) is 71.2 Å². The second-order valence-electron chi connectivity index (χ2n) is 10.4. The zero-order valence-corrected chi connectivity index (χ0v) is 23.3. The third kappa shape index (κ3) is 6.25. The van der Waals surface area contributed by atoms with Crippen LogP contribution in [-0.2, 0) is 4.79 Å². The van der Waals surface area contributed by atoms with E-state index in [-0.39, 0.29) is 5.91 Å². The smallest absolute Gasteiger partial charge is 0.233 e. The van der Waals surface area contributed by atoms with Crippen molar-refractivity contribution >= 4 is 29.3 Å². The molecule has 6 heteroatoms. The third-order valence-corrected chi connectivity index (χ3v) is 9.09. The van der Waals surface area contributed by atoms with Gasteiger partial charge in [-0.3, -0.25) is 4.79 Å². The number of carbonyl (C=O) groups is 1. The minimum Gasteiger partial charge on any atom is -0.336 e. The van der Waals surface area contributed by atoms with E-state index in [1.54, 1.807) is 0 Å². The summed E-state index contributed by atoms with van der Waals surface area (Å²) in [6.45, 7) is 0. The van der Waals surface area contributed by atoms with Crippen molar-refractivity contribution in [3.63, 3.8) is 0 Å². The van der Waals surface area contributed by atoms with E-state index in [9.17, 15) is 10.1 Å². The van der Waals surface area contributed by atoms with E-state index in [0.717, 1.165) is 48.1 Å². The lowest BCUT2D eigenvalue weighted by molar-refractivity contribution is -0.135. The second-order valence-corrected chi connectivity index (χ2v) is 11.8. The first-order valence-electron chi connectivity index (χ1n) is 13.8. The summed E-state index contributed by atoms with van der Waals surface area (Å²) in [5.74, 6) is 0.491. The van der Waals surface area contributed by atoms with Crippen LogP contribution in [0.5, 0.6) is 0 Å². The van der Waals surface area contributed by atoms with Gasteiger partial charge in [0.2, 0.25) is 5.91 Å². The number of hydrogen-bond acceptors (Lipinski definition) is 4. The number of halogens is 1. The Morgan fingerprint density at radius 3 is 2.08 bits per heavy atom. The average molecular weight is 544 g/mol. The molecule has 0 N–H and O–H groups in total. The molecule has 0 saturated heterocycles. The largest absolute Gasteiger partial charge is 0.336 e. The Morgan fingerprint density at radius 2 is 1.50 bits per heavy atom. The van der Waals surface area contributed by atoms with Crippen molar-refractivity contribution in [2.45, 2.75) is 81.3 Å². The topological polar surface area (TPSA) is 57.0 Å². The highest BCUT2D eigenvalue weighted by atomic mass is 35.5. The molecule has 3 aromatic rings. The maximum atomic E-state index is 13.8. The van der Waals surface area contributed by atoms with Gasteiger partial charge in [-0.15, -0.1) is 0 Å². The number of aromatic nitrogens is 1. The number of carbonyl (C=O) groups excluding carboxylic acids is 1. The van der Waals surface area contributed by atoms with E-state index >= 15 is 0 Å². The summed E-state index contributed by atoms with van der Waals surface area (Å²) in [6.07, 6.45) is 11.8. The van der Waals surface area contributed by atoms with Crippen LogP contribution in [-0.4, -0.2) is 33.6 Å². The molecule has 1 amide bonds. The van der Waals surface area contributed by atoms with Crippen LogP contribution in [0, 0.1) is 11.3 Å². The maximum absolute atomic E-state index is 13.8. The molecule has 0 spiro atoms. The molecule has 4 nitrogen and oxygen atoms in total. The van der Waals surface area contributed by atoms with Crippen LogP contribution in [0.4, 0.5) is 0 Å². The fourth-order valence-electron chi connectivity index (χ4n) is 5.98. The van der Waals surface area contributed by atoms with Gasteiger partial charge in [0.25, 0.3) is 0 Å². The summed E-state index contributed by atoms with van der Waals surface area (Å²) in [7, 11) is 0. The number of benzene rings is 2. The van der Waals surface area contributed by atoms with Gasteiger partial charge in [0.15, 0.2) is 0 Å². The van der Waals surface area contributed by atoms with Gasteiger partial charge in [-0.1, -0.05) is 104 Å². The van der Waals surface area contributed by atoms with E-state index in [4.69, 9.17) is 16.6 Å². The molecule has 196 valence electrons. The standard InChI is InChI=1S/C32H34ClN3OS/c33-25-18-16-23(17-19-25)28-20-30(24-10-4-1-5-11-24)35-32(29(28)21-34)38-22-31(37)36(26-12-6-2-7-13-26)27-14-8-3-9-15-27/h1,4-5,10-11,16-20,26-27H,2-3,6-9,12-15,22H2. The van der Waals surface area contributed by atoms with Gasteiger partial charge in [-0.05, 0) is 49.4 Å². The zero-order chi connectivity index (χ0) is 26.3. The van der Waals surface area contributed by atoms with Gasteiger partial charge in [-0.2, -0.15) is 5.26 Å². The Balaban J connectivity index is 1.47. The summed E-state index contributed by atoms with van der Waals surface area (Å²) in [5, 5.41) is 11.5. The molecule has 2 aromatic carbocycles. The second kappa shape index (κ2) is 12.8. The predicted octanol–water partition coefficient (Wildman–Crippen LogP) is 8.53. The fraction of sp³-hybridized carbons (Fsp3) is 0.406. The van der Waals surface area contributed by atoms with Crippen LogP contribution in [0.1, 0.15) is 69.8 Å². The van der Waals surface area contributed by atoms with Gasteiger partial charge in [-0.25, -0.2) is 4.98 Å². The molecule has 1 aromatic heterocycles. The monoisotopic (exact) mass is 543 g/mol. The maximum Gasteiger partial charge on any atom is 0.233 e. The van der Waals surface area contributed by atoms with E-state index in [1.807, 2.05) is 60.7 Å². The molecule has 0 atom stereocenters. The van der Waals surface area contributed by atoms with Crippen molar-refractivity contribution in [1.29, 1.82) is 5.26 Å². The zero-order valence-electron chi connectivity index (χ0n) is 21.7. The minimum absolute atomic E-state index is 0.192. The average Bonchev–Trinajstić information content (AvgIpc) is 2.97. The quantitative estimate of drug-likeness (QED) is 0.280. The molecule has 1 heterocycles. The SMILES string of the molecule is N#Cc1c(-c2ccc(Cl)cc2)cc(-c2ccccc2)nc1SCC(=O)N(C1CCCCC1)C1CCCCC1. The Kier molecular flexibility index (Phi) is 9.04. The molecule has 0 unspecified atom stereocenters. The predicted molar refractivity (Wildman–Crippen MR) is 156 cm³/mol. The Hall–Kier alpha value is -2.81. The normalized spacial score (nSPS) is 16.6. The van der Waals surface area contributed by atoms with Crippen molar-refractivity contribution in [2.75, 3.05) is 5.75 Å². The highest BCUT2D eigenvalue weighted by Crippen LogP contribution is 2.36. The number of nitriles is 1. The van der Waals surface area contributed by atoms with E-state index < -0.39 is 0 Å². The van der Waals surface area contributed by atoms with E-state index in [0.29, 0.717) is 33.4 Å². The molecule has 0 bridgehead atoms. The molecule has 0 aliphatic heterocycles. The summed E-state index contributed by atoms with van der Waals surface area (Å²) in [6, 6.07) is 22.6. The lowest BCUT2D eigenvalue weighted by atomic mass is 9.88. The van der Waals surface area contributed by atoms with Gasteiger partial charge in [0, 0.05) is 28.2 Å². The number of pyridine rings is 1. The molecular formula is C32H34ClN3OS. The highest BCUT2D eigenvalue weighted by molar-refractivity contribution is 8.00. The number of rotatable bonds is 7. The van der Waals surface area contributed by atoms with Crippen molar-refractivity contribution < 1.29 is 4.79 Å². The van der Waals surface area contributed by atoms with Gasteiger partial charge < -0.3 is 4.90 Å². The highest BCUT2D eigenvalue weighted by Gasteiger charge is 2.32. The molecule has 2 saturated carbocycles. The lowest BCUT2D eigenvalue weighted by Gasteiger charge is -2.41. The Labute approximate surface area is 235 Å². The summed E-state index contributed by atoms with van der Waals surface area (Å²) < 4.78 is 0. The minimum atomic E-state index is 0.192. The first-order chi connectivity index (χ1) is 18.6. The molecule has 0 radical (unpaired) electrons. The molecular weight excluding hydrogens is 510 g/mol. The van der Waals surface area contributed by atoms with Crippen LogP contribution in [0.3, 0.4) is 0 Å². The number of hydrogen-bond donors (Lipinski definition) is 0. The van der Waals surface area contributed by atoms with Crippen molar-refractivity contribution in [2.24, 2.45) is 0 Å². The van der Waals surface area contributed by atoms with Crippen LogP contribution >= 0.6 is 23.4 Å². The van der Waals surface area contributed by atoms with Gasteiger partial charge in [0.1, 0.15) is 11.1 Å². The van der Waals surface area contributed by atoms with Crippen LogP contribution in [0.2, 0.25) is 5.02 Å². The summed E-state index contributed by atoms with van der Waals surface area (Å²) in [4.78, 5) is 21.0. The Bertz CT molecular complexity index is 1260. The molecule has 2 aliphatic carbocycles. The summed E-state index contributed by atoms with van der Waals surface area (Å²) in [5.41, 5.74) is 3.99. The Morgan fingerprint density at radius 1 is 0.895 bits per heavy atom. The summed E-state index contributed by atoms with van der Waals surface area (Å²) >= 11 is 7.56. The molecule has 5 rings (SSSR count).